The Morgan fingerprint density at radius 3 is 2.55 bits per heavy atom. The summed E-state index contributed by atoms with van der Waals surface area (Å²) in [6.45, 7) is 1.89. The van der Waals surface area contributed by atoms with Crippen LogP contribution in [0.1, 0.15) is 12.5 Å². The van der Waals surface area contributed by atoms with Gasteiger partial charge < -0.3 is 14.4 Å². The van der Waals surface area contributed by atoms with Crippen LogP contribution in [0.15, 0.2) is 76.2 Å². The minimum absolute atomic E-state index is 0.0224. The monoisotopic (exact) mass is 418 g/mol. The van der Waals surface area contributed by atoms with E-state index in [2.05, 4.69) is 22.4 Å². The molecule has 0 fully saturated rings. The first-order valence-electron chi connectivity index (χ1n) is 9.72. The fourth-order valence-electron chi connectivity index (χ4n) is 3.05. The molecule has 4 rings (SSSR count). The zero-order chi connectivity index (χ0) is 21.8. The van der Waals surface area contributed by atoms with E-state index in [0.717, 1.165) is 6.42 Å². The van der Waals surface area contributed by atoms with E-state index in [0.29, 0.717) is 11.3 Å². The highest BCUT2D eigenvalue weighted by Gasteiger charge is 2.16. The summed E-state index contributed by atoms with van der Waals surface area (Å²) in [5.41, 5.74) is 2.12. The second kappa shape index (κ2) is 8.74. The van der Waals surface area contributed by atoms with E-state index in [-0.39, 0.29) is 35.5 Å². The number of carbonyl (C=O) groups is 1. The number of rotatable bonds is 6. The third kappa shape index (κ3) is 4.58. The molecule has 7 nitrogen and oxygen atoms in total. The molecule has 0 bridgehead atoms. The number of aromatic nitrogens is 3. The number of nitrogens with one attached hydrogen (secondary N) is 1. The van der Waals surface area contributed by atoms with E-state index in [4.69, 9.17) is 4.52 Å². The van der Waals surface area contributed by atoms with Crippen LogP contribution >= 0.6 is 0 Å². The second-order valence-corrected chi connectivity index (χ2v) is 6.88. The molecule has 156 valence electrons. The van der Waals surface area contributed by atoms with Crippen LogP contribution < -0.4 is 10.9 Å². The zero-order valence-corrected chi connectivity index (χ0v) is 16.7. The summed E-state index contributed by atoms with van der Waals surface area (Å²) in [7, 11) is 0. The number of hydrogen-bond donors (Lipinski definition) is 1. The maximum Gasteiger partial charge on any atom is 0.263 e. The van der Waals surface area contributed by atoms with Crippen molar-refractivity contribution in [3.05, 3.63) is 88.6 Å². The van der Waals surface area contributed by atoms with Gasteiger partial charge in [-0.25, -0.2) is 4.39 Å². The number of halogens is 1. The van der Waals surface area contributed by atoms with Crippen molar-refractivity contribution in [1.82, 2.24) is 14.7 Å². The van der Waals surface area contributed by atoms with Crippen molar-refractivity contribution in [3.63, 3.8) is 0 Å². The van der Waals surface area contributed by atoms with Crippen molar-refractivity contribution >= 4 is 11.6 Å². The Kier molecular flexibility index (Phi) is 5.70. The van der Waals surface area contributed by atoms with Crippen LogP contribution in [0.2, 0.25) is 0 Å². The molecule has 2 heterocycles. The van der Waals surface area contributed by atoms with E-state index in [1.807, 2.05) is 24.3 Å². The van der Waals surface area contributed by atoms with E-state index in [9.17, 15) is 14.0 Å². The molecule has 0 aliphatic heterocycles. The number of amides is 1. The number of carbonyl (C=O) groups excluding carboxylic acids is 1. The van der Waals surface area contributed by atoms with Crippen molar-refractivity contribution in [1.29, 1.82) is 0 Å². The van der Waals surface area contributed by atoms with Crippen LogP contribution in [0.25, 0.3) is 22.8 Å². The zero-order valence-electron chi connectivity index (χ0n) is 16.7. The van der Waals surface area contributed by atoms with Crippen LogP contribution in [0.4, 0.5) is 10.1 Å². The predicted octanol–water partition coefficient (Wildman–Crippen LogP) is 3.91. The molecule has 31 heavy (non-hydrogen) atoms. The summed E-state index contributed by atoms with van der Waals surface area (Å²) in [6, 6.07) is 16.3. The first-order chi connectivity index (χ1) is 15.0. The molecule has 2 aromatic heterocycles. The van der Waals surface area contributed by atoms with Crippen molar-refractivity contribution in [2.75, 3.05) is 5.32 Å². The molecule has 0 saturated carbocycles. The molecular weight excluding hydrogens is 399 g/mol. The maximum absolute atomic E-state index is 13.1. The van der Waals surface area contributed by atoms with Crippen LogP contribution in [0.5, 0.6) is 0 Å². The number of anilines is 1. The first kappa shape index (κ1) is 20.2. The van der Waals surface area contributed by atoms with Gasteiger partial charge in [0.25, 0.3) is 11.4 Å². The number of hydrogen-bond acceptors (Lipinski definition) is 5. The minimum atomic E-state index is -0.437. The molecule has 0 aliphatic rings. The third-order valence-electron chi connectivity index (χ3n) is 4.74. The lowest BCUT2D eigenvalue weighted by atomic mass is 10.1. The predicted molar refractivity (Wildman–Crippen MR) is 114 cm³/mol. The summed E-state index contributed by atoms with van der Waals surface area (Å²) in [6.07, 6.45) is 2.43. The van der Waals surface area contributed by atoms with Crippen molar-refractivity contribution in [2.24, 2.45) is 0 Å². The Bertz CT molecular complexity index is 1260. The summed E-state index contributed by atoms with van der Waals surface area (Å²) >= 11 is 0. The average Bonchev–Trinajstić information content (AvgIpc) is 3.26. The molecule has 2 aromatic carbocycles. The molecule has 0 radical (unpaired) electrons. The van der Waals surface area contributed by atoms with Gasteiger partial charge >= 0.3 is 0 Å². The highest BCUT2D eigenvalue weighted by Crippen LogP contribution is 2.20. The van der Waals surface area contributed by atoms with Gasteiger partial charge in [0.2, 0.25) is 11.7 Å². The number of pyridine rings is 1. The van der Waals surface area contributed by atoms with Gasteiger partial charge in [0.05, 0.1) is 0 Å². The van der Waals surface area contributed by atoms with Crippen LogP contribution in [0, 0.1) is 5.82 Å². The van der Waals surface area contributed by atoms with Gasteiger partial charge in [0.1, 0.15) is 17.9 Å². The van der Waals surface area contributed by atoms with Crippen LogP contribution in [-0.2, 0) is 17.8 Å². The standard InChI is InChI=1S/C23H19FN4O3/c1-2-15-5-11-18(12-6-15)25-20(29)14-28-13-3-4-19(23(28)30)22-26-21(27-31-22)16-7-9-17(24)10-8-16/h3-13H,2,14H2,1H3,(H,25,29). The highest BCUT2D eigenvalue weighted by molar-refractivity contribution is 5.90. The van der Waals surface area contributed by atoms with E-state index in [1.54, 1.807) is 12.1 Å². The molecule has 4 aromatic rings. The molecular formula is C23H19FN4O3. The van der Waals surface area contributed by atoms with Crippen LogP contribution in [-0.4, -0.2) is 20.6 Å². The summed E-state index contributed by atoms with van der Waals surface area (Å²) in [5, 5.41) is 6.64. The Morgan fingerprint density at radius 2 is 1.84 bits per heavy atom. The quantitative estimate of drug-likeness (QED) is 0.513. The molecule has 0 spiro atoms. The lowest BCUT2D eigenvalue weighted by Crippen LogP contribution is -2.28. The summed E-state index contributed by atoms with van der Waals surface area (Å²) in [5.74, 6) is -0.452. The lowest BCUT2D eigenvalue weighted by Gasteiger charge is -2.08. The van der Waals surface area contributed by atoms with E-state index < -0.39 is 5.56 Å². The second-order valence-electron chi connectivity index (χ2n) is 6.88. The number of benzene rings is 2. The van der Waals surface area contributed by atoms with Crippen molar-refractivity contribution < 1.29 is 13.7 Å². The molecule has 0 aliphatic carbocycles. The highest BCUT2D eigenvalue weighted by atomic mass is 19.1. The number of aryl methyl sites for hydroxylation is 1. The molecule has 0 atom stereocenters. The topological polar surface area (TPSA) is 90.0 Å². The van der Waals surface area contributed by atoms with Gasteiger partial charge in [-0.05, 0) is 60.5 Å². The Morgan fingerprint density at radius 1 is 1.10 bits per heavy atom. The normalized spacial score (nSPS) is 10.8. The molecule has 1 N–H and O–H groups in total. The lowest BCUT2D eigenvalue weighted by molar-refractivity contribution is -0.116. The first-order valence-corrected chi connectivity index (χ1v) is 9.72. The van der Waals surface area contributed by atoms with Gasteiger partial charge in [0, 0.05) is 17.4 Å². The molecule has 1 amide bonds. The Hall–Kier alpha value is -4.07. The van der Waals surface area contributed by atoms with E-state index >= 15 is 0 Å². The number of nitrogens with zero attached hydrogens (tertiary/aromatic N) is 3. The SMILES string of the molecule is CCc1ccc(NC(=O)Cn2cccc(-c3nc(-c4ccc(F)cc4)no3)c2=O)cc1. The van der Waals surface area contributed by atoms with Gasteiger partial charge in [-0.3, -0.25) is 9.59 Å². The molecule has 0 unspecified atom stereocenters. The smallest absolute Gasteiger partial charge is 0.263 e. The van der Waals surface area contributed by atoms with Crippen LogP contribution in [0.3, 0.4) is 0 Å². The fraction of sp³-hybridized carbons (Fsp3) is 0.130. The molecule has 8 heteroatoms. The van der Waals surface area contributed by atoms with Gasteiger partial charge in [0.15, 0.2) is 0 Å². The summed E-state index contributed by atoms with van der Waals surface area (Å²) < 4.78 is 19.6. The largest absolute Gasteiger partial charge is 0.333 e. The van der Waals surface area contributed by atoms with Crippen molar-refractivity contribution in [2.45, 2.75) is 19.9 Å². The van der Waals surface area contributed by atoms with Gasteiger partial charge in [-0.2, -0.15) is 4.98 Å². The minimum Gasteiger partial charge on any atom is -0.333 e. The van der Waals surface area contributed by atoms with E-state index in [1.165, 1.54) is 40.6 Å². The Balaban J connectivity index is 1.52. The van der Waals surface area contributed by atoms with Gasteiger partial charge in [-0.1, -0.05) is 24.2 Å². The maximum atomic E-state index is 13.1. The fourth-order valence-corrected chi connectivity index (χ4v) is 3.05. The third-order valence-corrected chi connectivity index (χ3v) is 4.74. The summed E-state index contributed by atoms with van der Waals surface area (Å²) in [4.78, 5) is 29.5. The molecule has 0 saturated heterocycles. The average molecular weight is 418 g/mol. The van der Waals surface area contributed by atoms with Crippen molar-refractivity contribution in [3.8, 4) is 22.8 Å². The van der Waals surface area contributed by atoms with Gasteiger partial charge in [-0.15, -0.1) is 0 Å². The Labute approximate surface area is 177 Å².